The maximum absolute atomic E-state index is 12.4. The number of anilines is 1. The van der Waals surface area contributed by atoms with Gasteiger partial charge in [-0.25, -0.2) is 0 Å². The molecule has 0 radical (unpaired) electrons. The van der Waals surface area contributed by atoms with Gasteiger partial charge in [0.05, 0.1) is 0 Å². The van der Waals surface area contributed by atoms with Crippen molar-refractivity contribution in [1.82, 2.24) is 5.32 Å². The van der Waals surface area contributed by atoms with Crippen LogP contribution in [0.15, 0.2) is 24.3 Å². The summed E-state index contributed by atoms with van der Waals surface area (Å²) in [6.07, 6.45) is 5.17. The van der Waals surface area contributed by atoms with Crippen LogP contribution in [-0.2, 0) is 11.2 Å². The van der Waals surface area contributed by atoms with E-state index in [2.05, 4.69) is 23.5 Å². The lowest BCUT2D eigenvalue weighted by atomic mass is 9.98. The first-order chi connectivity index (χ1) is 9.34. The summed E-state index contributed by atoms with van der Waals surface area (Å²) in [5.74, 6) is 0.902. The Kier molecular flexibility index (Phi) is 3.83. The van der Waals surface area contributed by atoms with Gasteiger partial charge in [0.1, 0.15) is 0 Å². The van der Waals surface area contributed by atoms with Gasteiger partial charge in [0, 0.05) is 18.7 Å². The molecule has 3 rings (SSSR count). The average molecular weight is 258 g/mol. The van der Waals surface area contributed by atoms with Crippen molar-refractivity contribution in [3.63, 3.8) is 0 Å². The number of fused-ring (bicyclic) bond motifs is 1. The monoisotopic (exact) mass is 258 g/mol. The van der Waals surface area contributed by atoms with E-state index < -0.39 is 0 Å². The molecule has 1 saturated heterocycles. The molecule has 2 aliphatic heterocycles. The third-order valence-electron chi connectivity index (χ3n) is 4.26. The molecular formula is C16H22N2O. The van der Waals surface area contributed by atoms with Crippen LogP contribution in [0.2, 0.25) is 0 Å². The maximum atomic E-state index is 12.4. The van der Waals surface area contributed by atoms with Crippen LogP contribution in [0.25, 0.3) is 0 Å². The molecule has 2 aliphatic rings. The third-order valence-corrected chi connectivity index (χ3v) is 4.26. The highest BCUT2D eigenvalue weighted by Crippen LogP contribution is 2.28. The summed E-state index contributed by atoms with van der Waals surface area (Å²) in [5, 5.41) is 3.44. The van der Waals surface area contributed by atoms with E-state index in [1.807, 2.05) is 11.0 Å². The molecule has 3 nitrogen and oxygen atoms in total. The highest BCUT2D eigenvalue weighted by Gasteiger charge is 2.25. The van der Waals surface area contributed by atoms with Gasteiger partial charge in [0.25, 0.3) is 0 Å². The summed E-state index contributed by atoms with van der Waals surface area (Å²) in [6.45, 7) is 3.05. The number of hydrogen-bond donors (Lipinski definition) is 1. The quantitative estimate of drug-likeness (QED) is 0.883. The normalized spacial score (nSPS) is 23.9. The van der Waals surface area contributed by atoms with Gasteiger partial charge < -0.3 is 10.2 Å². The zero-order chi connectivity index (χ0) is 13.1. The molecule has 1 atom stereocenters. The highest BCUT2D eigenvalue weighted by atomic mass is 16.2. The fourth-order valence-electron chi connectivity index (χ4n) is 3.22. The van der Waals surface area contributed by atoms with Crippen molar-refractivity contribution in [2.45, 2.75) is 32.1 Å². The molecule has 102 valence electrons. The zero-order valence-corrected chi connectivity index (χ0v) is 11.4. The van der Waals surface area contributed by atoms with Crippen LogP contribution in [0.4, 0.5) is 5.69 Å². The second-order valence-corrected chi connectivity index (χ2v) is 5.70. The molecule has 1 aromatic carbocycles. The van der Waals surface area contributed by atoms with Crippen molar-refractivity contribution in [2.24, 2.45) is 5.92 Å². The number of carbonyl (C=O) groups excluding carboxylic acids is 1. The van der Waals surface area contributed by atoms with E-state index in [0.717, 1.165) is 38.2 Å². The Morgan fingerprint density at radius 2 is 2.11 bits per heavy atom. The van der Waals surface area contributed by atoms with Crippen LogP contribution in [0.5, 0.6) is 0 Å². The predicted octanol–water partition coefficient (Wildman–Crippen LogP) is 2.36. The first-order valence-electron chi connectivity index (χ1n) is 7.43. The molecular weight excluding hydrogens is 236 g/mol. The lowest BCUT2D eigenvalue weighted by Gasteiger charge is -2.30. The number of carbonyl (C=O) groups is 1. The van der Waals surface area contributed by atoms with E-state index in [0.29, 0.717) is 18.2 Å². The highest BCUT2D eigenvalue weighted by molar-refractivity contribution is 5.94. The number of para-hydroxylation sites is 1. The number of hydrogen-bond acceptors (Lipinski definition) is 2. The number of amides is 1. The Balaban J connectivity index is 1.82. The third kappa shape index (κ3) is 2.81. The molecule has 0 aromatic heterocycles. The van der Waals surface area contributed by atoms with E-state index in [1.165, 1.54) is 18.4 Å². The second kappa shape index (κ2) is 5.74. The number of benzene rings is 1. The summed E-state index contributed by atoms with van der Waals surface area (Å²) in [7, 11) is 0. The standard InChI is InChI=1S/C16H22N2O/c19-16-9-3-7-14-6-1-2-8-15(14)18(16)12-13-5-4-10-17-11-13/h1-2,6,8,13,17H,3-5,7,9-12H2. The summed E-state index contributed by atoms with van der Waals surface area (Å²) in [4.78, 5) is 14.4. The largest absolute Gasteiger partial charge is 0.316 e. The number of aryl methyl sites for hydroxylation is 1. The molecule has 2 heterocycles. The van der Waals surface area contributed by atoms with Crippen LogP contribution >= 0.6 is 0 Å². The molecule has 0 spiro atoms. The van der Waals surface area contributed by atoms with Crippen molar-refractivity contribution in [3.05, 3.63) is 29.8 Å². The Labute approximate surface area is 115 Å². The molecule has 19 heavy (non-hydrogen) atoms. The van der Waals surface area contributed by atoms with Gasteiger partial charge >= 0.3 is 0 Å². The molecule has 0 aliphatic carbocycles. The fraction of sp³-hybridized carbons (Fsp3) is 0.562. The average Bonchev–Trinajstić information content (AvgIpc) is 2.61. The SMILES string of the molecule is O=C1CCCc2ccccc2N1CC1CCCNC1. The van der Waals surface area contributed by atoms with Crippen molar-refractivity contribution < 1.29 is 4.79 Å². The van der Waals surface area contributed by atoms with Crippen LogP contribution in [0.1, 0.15) is 31.2 Å². The van der Waals surface area contributed by atoms with Gasteiger partial charge in [-0.05, 0) is 56.3 Å². The number of nitrogens with one attached hydrogen (secondary N) is 1. The zero-order valence-electron chi connectivity index (χ0n) is 11.4. The van der Waals surface area contributed by atoms with Gasteiger partial charge in [0.2, 0.25) is 5.91 Å². The van der Waals surface area contributed by atoms with E-state index in [4.69, 9.17) is 0 Å². The number of piperidine rings is 1. The van der Waals surface area contributed by atoms with Crippen LogP contribution in [-0.4, -0.2) is 25.5 Å². The molecule has 1 aromatic rings. The molecule has 1 fully saturated rings. The molecule has 0 bridgehead atoms. The van der Waals surface area contributed by atoms with Crippen molar-refractivity contribution in [1.29, 1.82) is 0 Å². The van der Waals surface area contributed by atoms with Gasteiger partial charge in [-0.3, -0.25) is 4.79 Å². The molecule has 1 unspecified atom stereocenters. The van der Waals surface area contributed by atoms with Crippen molar-refractivity contribution >= 4 is 11.6 Å². The number of nitrogens with zero attached hydrogens (tertiary/aromatic N) is 1. The minimum absolute atomic E-state index is 0.301. The van der Waals surface area contributed by atoms with Crippen LogP contribution in [0, 0.1) is 5.92 Å². The topological polar surface area (TPSA) is 32.3 Å². The van der Waals surface area contributed by atoms with Gasteiger partial charge in [-0.15, -0.1) is 0 Å². The summed E-state index contributed by atoms with van der Waals surface area (Å²) in [5.41, 5.74) is 2.48. The van der Waals surface area contributed by atoms with E-state index in [-0.39, 0.29) is 0 Å². The van der Waals surface area contributed by atoms with Crippen molar-refractivity contribution in [3.8, 4) is 0 Å². The van der Waals surface area contributed by atoms with Crippen LogP contribution in [0.3, 0.4) is 0 Å². The number of rotatable bonds is 2. The van der Waals surface area contributed by atoms with E-state index >= 15 is 0 Å². The molecule has 1 amide bonds. The Morgan fingerprint density at radius 3 is 2.95 bits per heavy atom. The first-order valence-corrected chi connectivity index (χ1v) is 7.43. The van der Waals surface area contributed by atoms with E-state index in [9.17, 15) is 4.79 Å². The second-order valence-electron chi connectivity index (χ2n) is 5.70. The first kappa shape index (κ1) is 12.7. The summed E-state index contributed by atoms with van der Waals surface area (Å²) >= 11 is 0. The van der Waals surface area contributed by atoms with Crippen molar-refractivity contribution in [2.75, 3.05) is 24.5 Å². The predicted molar refractivity (Wildman–Crippen MR) is 77.3 cm³/mol. The Hall–Kier alpha value is -1.35. The molecule has 0 saturated carbocycles. The summed E-state index contributed by atoms with van der Waals surface area (Å²) in [6, 6.07) is 8.40. The maximum Gasteiger partial charge on any atom is 0.227 e. The lowest BCUT2D eigenvalue weighted by molar-refractivity contribution is -0.118. The fourth-order valence-corrected chi connectivity index (χ4v) is 3.22. The minimum atomic E-state index is 0.301. The lowest BCUT2D eigenvalue weighted by Crippen LogP contribution is -2.41. The summed E-state index contributed by atoms with van der Waals surface area (Å²) < 4.78 is 0. The Bertz CT molecular complexity index is 452. The smallest absolute Gasteiger partial charge is 0.227 e. The van der Waals surface area contributed by atoms with Crippen LogP contribution < -0.4 is 10.2 Å². The minimum Gasteiger partial charge on any atom is -0.316 e. The van der Waals surface area contributed by atoms with Gasteiger partial charge in [0.15, 0.2) is 0 Å². The Morgan fingerprint density at radius 1 is 1.21 bits per heavy atom. The van der Waals surface area contributed by atoms with Gasteiger partial charge in [-0.2, -0.15) is 0 Å². The van der Waals surface area contributed by atoms with E-state index in [1.54, 1.807) is 0 Å². The molecule has 1 N–H and O–H groups in total. The van der Waals surface area contributed by atoms with Gasteiger partial charge in [-0.1, -0.05) is 18.2 Å². The molecule has 3 heteroatoms.